The van der Waals surface area contributed by atoms with E-state index in [4.69, 9.17) is 9.47 Å². The Morgan fingerprint density at radius 1 is 0.793 bits per heavy atom. The third-order valence-corrected chi connectivity index (χ3v) is 5.59. The molecule has 29 heavy (non-hydrogen) atoms. The van der Waals surface area contributed by atoms with Crippen LogP contribution in [0.1, 0.15) is 89.2 Å². The Balaban J connectivity index is 1.82. The lowest BCUT2D eigenvalue weighted by atomic mass is 9.88. The molecule has 0 saturated carbocycles. The van der Waals surface area contributed by atoms with Crippen LogP contribution in [-0.4, -0.2) is 18.0 Å². The number of phenols is 1. The van der Waals surface area contributed by atoms with Gasteiger partial charge in [-0.2, -0.15) is 0 Å². The van der Waals surface area contributed by atoms with Gasteiger partial charge in [0, 0.05) is 6.61 Å². The van der Waals surface area contributed by atoms with Crippen molar-refractivity contribution in [3.8, 4) is 11.5 Å². The van der Waals surface area contributed by atoms with Crippen LogP contribution in [0.4, 0.5) is 0 Å². The number of ether oxygens (including phenoxy) is 2. The van der Waals surface area contributed by atoms with Gasteiger partial charge in [0.05, 0.1) is 0 Å². The van der Waals surface area contributed by atoms with Crippen molar-refractivity contribution in [2.75, 3.05) is 6.61 Å². The molecule has 3 nitrogen and oxygen atoms in total. The highest BCUT2D eigenvalue weighted by molar-refractivity contribution is 5.30. The van der Waals surface area contributed by atoms with Crippen LogP contribution in [0.2, 0.25) is 0 Å². The van der Waals surface area contributed by atoms with Gasteiger partial charge in [-0.1, -0.05) is 57.4 Å². The second-order valence-corrected chi connectivity index (χ2v) is 7.97. The van der Waals surface area contributed by atoms with Gasteiger partial charge >= 0.3 is 0 Å². The standard InChI is InChI=1S/C26H38O3/c1-5-9-23(24-14-18-26(19-15-24)29-21(4)28-6-2)11-8-7-10-20(3)22-12-16-25(27)17-13-22/h12-21,23,27H,5-11H2,1-4H3. The van der Waals surface area contributed by atoms with Crippen LogP contribution in [0.3, 0.4) is 0 Å². The highest BCUT2D eigenvalue weighted by Gasteiger charge is 2.12. The van der Waals surface area contributed by atoms with Crippen molar-refractivity contribution in [1.29, 1.82) is 0 Å². The summed E-state index contributed by atoms with van der Waals surface area (Å²) in [4.78, 5) is 0. The number of phenolic OH excluding ortho intramolecular Hbond substituents is 1. The number of aromatic hydroxyl groups is 1. The number of hydrogen-bond donors (Lipinski definition) is 1. The molecule has 0 aliphatic rings. The van der Waals surface area contributed by atoms with Crippen molar-refractivity contribution in [2.24, 2.45) is 0 Å². The van der Waals surface area contributed by atoms with E-state index >= 15 is 0 Å². The maximum Gasteiger partial charge on any atom is 0.196 e. The normalized spacial score (nSPS) is 14.3. The fourth-order valence-electron chi connectivity index (χ4n) is 3.92. The van der Waals surface area contributed by atoms with Crippen LogP contribution < -0.4 is 4.74 Å². The summed E-state index contributed by atoms with van der Waals surface area (Å²) in [6, 6.07) is 16.2. The van der Waals surface area contributed by atoms with Crippen LogP contribution in [-0.2, 0) is 4.74 Å². The molecule has 2 aromatic rings. The largest absolute Gasteiger partial charge is 0.508 e. The van der Waals surface area contributed by atoms with Crippen LogP contribution in [0, 0.1) is 0 Å². The van der Waals surface area contributed by atoms with Gasteiger partial charge in [0.2, 0.25) is 0 Å². The van der Waals surface area contributed by atoms with Crippen LogP contribution in [0.25, 0.3) is 0 Å². The Kier molecular flexibility index (Phi) is 10.1. The summed E-state index contributed by atoms with van der Waals surface area (Å²) < 4.78 is 11.2. The molecular formula is C26H38O3. The van der Waals surface area contributed by atoms with Crippen molar-refractivity contribution in [1.82, 2.24) is 0 Å². The summed E-state index contributed by atoms with van der Waals surface area (Å²) in [5.41, 5.74) is 2.72. The summed E-state index contributed by atoms with van der Waals surface area (Å²) >= 11 is 0. The lowest BCUT2D eigenvalue weighted by Gasteiger charge is -2.19. The Hall–Kier alpha value is -2.00. The minimum absolute atomic E-state index is 0.215. The highest BCUT2D eigenvalue weighted by Crippen LogP contribution is 2.30. The van der Waals surface area contributed by atoms with Crippen molar-refractivity contribution >= 4 is 0 Å². The van der Waals surface area contributed by atoms with E-state index < -0.39 is 0 Å². The molecule has 0 aliphatic carbocycles. The molecule has 0 heterocycles. The van der Waals surface area contributed by atoms with E-state index in [0.29, 0.717) is 24.2 Å². The minimum atomic E-state index is -0.215. The average molecular weight is 399 g/mol. The molecule has 0 saturated heterocycles. The van der Waals surface area contributed by atoms with Gasteiger partial charge in [0.25, 0.3) is 0 Å². The summed E-state index contributed by atoms with van der Waals surface area (Å²) in [7, 11) is 0. The average Bonchev–Trinajstić information content (AvgIpc) is 2.71. The Morgan fingerprint density at radius 3 is 2.03 bits per heavy atom. The molecule has 2 aromatic carbocycles. The summed E-state index contributed by atoms with van der Waals surface area (Å²) in [6.07, 6.45) is 7.10. The monoisotopic (exact) mass is 398 g/mol. The van der Waals surface area contributed by atoms with E-state index in [9.17, 15) is 5.11 Å². The maximum absolute atomic E-state index is 9.44. The molecule has 0 aliphatic heterocycles. The zero-order chi connectivity index (χ0) is 21.1. The summed E-state index contributed by atoms with van der Waals surface area (Å²) in [5.74, 6) is 2.35. The van der Waals surface area contributed by atoms with Gasteiger partial charge in [0.1, 0.15) is 11.5 Å². The van der Waals surface area contributed by atoms with Crippen molar-refractivity contribution in [3.63, 3.8) is 0 Å². The van der Waals surface area contributed by atoms with Crippen molar-refractivity contribution < 1.29 is 14.6 Å². The summed E-state index contributed by atoms with van der Waals surface area (Å²) in [5, 5.41) is 9.44. The smallest absolute Gasteiger partial charge is 0.196 e. The molecule has 160 valence electrons. The molecule has 2 rings (SSSR count). The SMILES string of the molecule is CCCC(CCCCC(C)c1ccc(O)cc1)c1ccc(OC(C)OCC)cc1. The molecule has 0 fully saturated rings. The third-order valence-electron chi connectivity index (χ3n) is 5.59. The van der Waals surface area contributed by atoms with E-state index in [1.165, 1.54) is 49.7 Å². The molecular weight excluding hydrogens is 360 g/mol. The predicted octanol–water partition coefficient (Wildman–Crippen LogP) is 7.40. The number of rotatable bonds is 13. The Morgan fingerprint density at radius 2 is 1.41 bits per heavy atom. The predicted molar refractivity (Wildman–Crippen MR) is 121 cm³/mol. The molecule has 3 heteroatoms. The number of benzene rings is 2. The molecule has 0 bridgehead atoms. The van der Waals surface area contributed by atoms with E-state index in [-0.39, 0.29) is 6.29 Å². The first-order chi connectivity index (χ1) is 14.0. The first-order valence-electron chi connectivity index (χ1n) is 11.2. The van der Waals surface area contributed by atoms with E-state index in [1.54, 1.807) is 12.1 Å². The topological polar surface area (TPSA) is 38.7 Å². The third kappa shape index (κ3) is 8.10. The van der Waals surface area contributed by atoms with Gasteiger partial charge in [-0.3, -0.25) is 0 Å². The Bertz CT molecular complexity index is 678. The Labute approximate surface area is 177 Å². The maximum atomic E-state index is 9.44. The summed E-state index contributed by atoms with van der Waals surface area (Å²) in [6.45, 7) is 9.10. The fourth-order valence-corrected chi connectivity index (χ4v) is 3.92. The second kappa shape index (κ2) is 12.5. The molecule has 0 radical (unpaired) electrons. The molecule has 0 aromatic heterocycles. The second-order valence-electron chi connectivity index (χ2n) is 7.97. The van der Waals surface area contributed by atoms with E-state index in [0.717, 1.165) is 5.75 Å². The molecule has 3 unspecified atom stereocenters. The van der Waals surface area contributed by atoms with Crippen LogP contribution in [0.5, 0.6) is 11.5 Å². The van der Waals surface area contributed by atoms with Crippen molar-refractivity contribution in [3.05, 3.63) is 59.7 Å². The van der Waals surface area contributed by atoms with Gasteiger partial charge in [-0.15, -0.1) is 0 Å². The van der Waals surface area contributed by atoms with Gasteiger partial charge in [-0.05, 0) is 80.3 Å². The minimum Gasteiger partial charge on any atom is -0.508 e. The van der Waals surface area contributed by atoms with Gasteiger partial charge in [0.15, 0.2) is 6.29 Å². The molecule has 0 amide bonds. The fraction of sp³-hybridized carbons (Fsp3) is 0.538. The first-order valence-corrected chi connectivity index (χ1v) is 11.2. The number of hydrogen-bond acceptors (Lipinski definition) is 3. The van der Waals surface area contributed by atoms with Gasteiger partial charge in [-0.25, -0.2) is 0 Å². The zero-order valence-electron chi connectivity index (χ0n) is 18.6. The zero-order valence-corrected chi connectivity index (χ0v) is 18.6. The highest BCUT2D eigenvalue weighted by atomic mass is 16.7. The molecule has 0 spiro atoms. The van der Waals surface area contributed by atoms with Gasteiger partial charge < -0.3 is 14.6 Å². The van der Waals surface area contributed by atoms with E-state index in [1.807, 2.05) is 26.0 Å². The molecule has 1 N–H and O–H groups in total. The first kappa shape index (κ1) is 23.3. The lowest BCUT2D eigenvalue weighted by Crippen LogP contribution is -2.15. The van der Waals surface area contributed by atoms with Crippen molar-refractivity contribution in [2.45, 2.75) is 84.3 Å². The molecule has 3 atom stereocenters. The quantitative estimate of drug-likeness (QED) is 0.282. The number of unbranched alkanes of at least 4 members (excludes halogenated alkanes) is 1. The van der Waals surface area contributed by atoms with Crippen LogP contribution >= 0.6 is 0 Å². The van der Waals surface area contributed by atoms with Crippen LogP contribution in [0.15, 0.2) is 48.5 Å². The lowest BCUT2D eigenvalue weighted by molar-refractivity contribution is -0.0613. The van der Waals surface area contributed by atoms with E-state index in [2.05, 4.69) is 38.1 Å².